The molecule has 1 unspecified atom stereocenters. The van der Waals surface area contributed by atoms with Crippen LogP contribution < -0.4 is 4.74 Å². The van der Waals surface area contributed by atoms with Crippen LogP contribution in [0, 0.1) is 4.78 Å². The third-order valence-electron chi connectivity index (χ3n) is 5.89. The maximum atomic E-state index is 11.9. The fraction of sp³-hybridized carbons (Fsp3) is 0.192. The van der Waals surface area contributed by atoms with Gasteiger partial charge in [0, 0.05) is 42.4 Å². The lowest BCUT2D eigenvalue weighted by Crippen LogP contribution is -2.16. The normalized spacial score (nSPS) is 15.4. The summed E-state index contributed by atoms with van der Waals surface area (Å²) in [7, 11) is -2.70. The minimum atomic E-state index is -2.70. The SMILES string of the molecule is CS(=N)(=O)c1ccc(COc2ccc(CN3Cc4ccccc4C3)c3cccnc23)cc1. The van der Waals surface area contributed by atoms with E-state index in [9.17, 15) is 4.21 Å². The van der Waals surface area contributed by atoms with Gasteiger partial charge in [0.1, 0.15) is 17.9 Å². The van der Waals surface area contributed by atoms with E-state index in [0.717, 1.165) is 41.9 Å². The van der Waals surface area contributed by atoms with Gasteiger partial charge < -0.3 is 4.74 Å². The summed E-state index contributed by atoms with van der Waals surface area (Å²) in [5.74, 6) is 0.748. The predicted molar refractivity (Wildman–Crippen MR) is 127 cm³/mol. The number of nitrogens with one attached hydrogen (secondary N) is 1. The predicted octanol–water partition coefficient (Wildman–Crippen LogP) is 5.37. The van der Waals surface area contributed by atoms with E-state index in [4.69, 9.17) is 9.52 Å². The first-order chi connectivity index (χ1) is 15.5. The minimum Gasteiger partial charge on any atom is -0.487 e. The van der Waals surface area contributed by atoms with Crippen molar-refractivity contribution >= 4 is 20.6 Å². The van der Waals surface area contributed by atoms with Gasteiger partial charge >= 0.3 is 0 Å². The summed E-state index contributed by atoms with van der Waals surface area (Å²) in [5, 5.41) is 1.11. The lowest BCUT2D eigenvalue weighted by molar-refractivity contribution is 0.276. The van der Waals surface area contributed by atoms with Gasteiger partial charge in [0.05, 0.1) is 9.73 Å². The van der Waals surface area contributed by atoms with Gasteiger partial charge in [-0.2, -0.15) is 0 Å². The highest BCUT2D eigenvalue weighted by atomic mass is 32.2. The molecule has 0 saturated carbocycles. The largest absolute Gasteiger partial charge is 0.487 e. The summed E-state index contributed by atoms with van der Waals surface area (Å²) >= 11 is 0. The van der Waals surface area contributed by atoms with E-state index in [0.29, 0.717) is 11.5 Å². The number of pyridine rings is 1. The Morgan fingerprint density at radius 1 is 0.969 bits per heavy atom. The molecular formula is C26H25N3O2S. The Morgan fingerprint density at radius 2 is 1.69 bits per heavy atom. The van der Waals surface area contributed by atoms with E-state index in [1.54, 1.807) is 18.3 Å². The molecule has 0 spiro atoms. The minimum absolute atomic E-state index is 0.385. The van der Waals surface area contributed by atoms with Gasteiger partial charge in [-0.3, -0.25) is 9.88 Å². The number of hydrogen-bond acceptors (Lipinski definition) is 5. The number of nitrogens with zero attached hydrogens (tertiary/aromatic N) is 2. The van der Waals surface area contributed by atoms with E-state index in [1.165, 1.54) is 22.9 Å². The molecule has 1 aliphatic rings. The van der Waals surface area contributed by atoms with E-state index in [1.807, 2.05) is 24.3 Å². The Hall–Kier alpha value is -3.22. The number of hydrogen-bond donors (Lipinski definition) is 1. The fourth-order valence-electron chi connectivity index (χ4n) is 4.22. The Labute approximate surface area is 188 Å². The Morgan fingerprint density at radius 3 is 2.38 bits per heavy atom. The maximum absolute atomic E-state index is 11.9. The van der Waals surface area contributed by atoms with Crippen molar-refractivity contribution in [3.63, 3.8) is 0 Å². The number of benzene rings is 3. The van der Waals surface area contributed by atoms with E-state index < -0.39 is 9.73 Å². The number of ether oxygens (including phenoxy) is 1. The molecule has 0 saturated heterocycles. The third-order valence-corrected chi connectivity index (χ3v) is 7.06. The van der Waals surface area contributed by atoms with Crippen molar-refractivity contribution < 1.29 is 8.95 Å². The molecule has 0 radical (unpaired) electrons. The number of rotatable bonds is 6. The Bertz CT molecular complexity index is 1360. The average Bonchev–Trinajstić information content (AvgIpc) is 3.21. The van der Waals surface area contributed by atoms with Gasteiger partial charge in [-0.25, -0.2) is 8.99 Å². The summed E-state index contributed by atoms with van der Waals surface area (Å²) in [6, 6.07) is 24.0. The first kappa shape index (κ1) is 20.7. The van der Waals surface area contributed by atoms with Crippen molar-refractivity contribution in [2.75, 3.05) is 6.26 Å². The molecule has 4 aromatic rings. The van der Waals surface area contributed by atoms with Crippen LogP contribution in [0.3, 0.4) is 0 Å². The quantitative estimate of drug-likeness (QED) is 0.435. The van der Waals surface area contributed by atoms with Crippen molar-refractivity contribution in [2.45, 2.75) is 31.1 Å². The van der Waals surface area contributed by atoms with Crippen LogP contribution >= 0.6 is 0 Å². The molecule has 1 atom stereocenters. The molecule has 1 aromatic heterocycles. The molecular weight excluding hydrogens is 418 g/mol. The lowest BCUT2D eigenvalue weighted by atomic mass is 10.1. The Balaban J connectivity index is 1.34. The molecule has 1 N–H and O–H groups in total. The number of fused-ring (bicyclic) bond motifs is 2. The molecule has 5 nitrogen and oxygen atoms in total. The van der Waals surface area contributed by atoms with Crippen molar-refractivity contribution in [3.8, 4) is 5.75 Å². The molecule has 162 valence electrons. The Kier molecular flexibility index (Phi) is 5.41. The molecule has 6 heteroatoms. The lowest BCUT2D eigenvalue weighted by Gasteiger charge is -2.17. The summed E-state index contributed by atoms with van der Waals surface area (Å²) in [6.45, 7) is 3.18. The van der Waals surface area contributed by atoms with E-state index in [2.05, 4.69) is 46.3 Å². The van der Waals surface area contributed by atoms with Gasteiger partial charge in [0.25, 0.3) is 0 Å². The van der Waals surface area contributed by atoms with Crippen LogP contribution in [0.1, 0.15) is 22.3 Å². The van der Waals surface area contributed by atoms with Gasteiger partial charge in [0.15, 0.2) is 0 Å². The fourth-order valence-corrected chi connectivity index (χ4v) is 4.88. The first-order valence-electron chi connectivity index (χ1n) is 10.6. The number of aromatic nitrogens is 1. The zero-order valence-electron chi connectivity index (χ0n) is 18.0. The maximum Gasteiger partial charge on any atom is 0.146 e. The molecule has 0 aliphatic carbocycles. The standard InChI is InChI=1S/C26H25N3O2S/c1-32(27,30)23-11-8-19(9-12-23)18-31-25-13-10-22(24-7-4-14-28-26(24)25)17-29-15-20-5-2-3-6-21(20)16-29/h2-14,27H,15-18H2,1H3. The van der Waals surface area contributed by atoms with Gasteiger partial charge in [0.2, 0.25) is 0 Å². The summed E-state index contributed by atoms with van der Waals surface area (Å²) in [5.41, 5.74) is 5.88. The van der Waals surface area contributed by atoms with Gasteiger partial charge in [-0.15, -0.1) is 0 Å². The monoisotopic (exact) mass is 443 g/mol. The molecule has 3 aromatic carbocycles. The molecule has 5 rings (SSSR count). The van der Waals surface area contributed by atoms with Crippen LogP contribution in [0.25, 0.3) is 10.9 Å². The second kappa shape index (κ2) is 8.37. The van der Waals surface area contributed by atoms with Crippen LogP contribution in [0.4, 0.5) is 0 Å². The highest BCUT2D eigenvalue weighted by Crippen LogP contribution is 2.30. The zero-order chi connectivity index (χ0) is 22.1. The topological polar surface area (TPSA) is 66.3 Å². The van der Waals surface area contributed by atoms with Gasteiger partial charge in [-0.05, 0) is 46.5 Å². The zero-order valence-corrected chi connectivity index (χ0v) is 18.8. The van der Waals surface area contributed by atoms with Crippen molar-refractivity contribution in [1.29, 1.82) is 4.78 Å². The molecule has 1 aliphatic heterocycles. The summed E-state index contributed by atoms with van der Waals surface area (Å²) in [4.78, 5) is 7.59. The van der Waals surface area contributed by atoms with Crippen molar-refractivity contribution in [3.05, 3.63) is 101 Å². The van der Waals surface area contributed by atoms with Crippen molar-refractivity contribution in [2.24, 2.45) is 0 Å². The average molecular weight is 444 g/mol. The molecule has 0 amide bonds. The van der Waals surface area contributed by atoms with Crippen molar-refractivity contribution in [1.82, 2.24) is 9.88 Å². The van der Waals surface area contributed by atoms with E-state index >= 15 is 0 Å². The summed E-state index contributed by atoms with van der Waals surface area (Å²) in [6.07, 6.45) is 3.23. The van der Waals surface area contributed by atoms with Crippen LogP contribution in [0.15, 0.2) is 83.9 Å². The molecule has 0 bridgehead atoms. The highest BCUT2D eigenvalue weighted by molar-refractivity contribution is 7.91. The first-order valence-corrected chi connectivity index (χ1v) is 12.6. The van der Waals surface area contributed by atoms with Crippen LogP contribution in [0.2, 0.25) is 0 Å². The molecule has 2 heterocycles. The smallest absolute Gasteiger partial charge is 0.146 e. The molecule has 0 fully saturated rings. The van der Waals surface area contributed by atoms with Crippen LogP contribution in [-0.2, 0) is 36.0 Å². The second-order valence-electron chi connectivity index (χ2n) is 8.31. The summed E-state index contributed by atoms with van der Waals surface area (Å²) < 4.78 is 25.7. The third kappa shape index (κ3) is 4.24. The van der Waals surface area contributed by atoms with Crippen LogP contribution in [-0.4, -0.2) is 20.3 Å². The second-order valence-corrected chi connectivity index (χ2v) is 10.5. The molecule has 32 heavy (non-hydrogen) atoms. The highest BCUT2D eigenvalue weighted by Gasteiger charge is 2.19. The van der Waals surface area contributed by atoms with Gasteiger partial charge in [-0.1, -0.05) is 48.5 Å². The van der Waals surface area contributed by atoms with Crippen LogP contribution in [0.5, 0.6) is 5.75 Å². The van der Waals surface area contributed by atoms with E-state index in [-0.39, 0.29) is 0 Å².